The van der Waals surface area contributed by atoms with Crippen LogP contribution in [0.4, 0.5) is 4.39 Å². The fraction of sp³-hybridized carbons (Fsp3) is 0.500. The van der Waals surface area contributed by atoms with Gasteiger partial charge in [-0.15, -0.1) is 0 Å². The van der Waals surface area contributed by atoms with Crippen molar-refractivity contribution in [3.63, 3.8) is 0 Å². The molecule has 2 aliphatic heterocycles. The lowest BCUT2D eigenvalue weighted by atomic mass is 9.90. The van der Waals surface area contributed by atoms with Crippen molar-refractivity contribution in [2.75, 3.05) is 20.3 Å². The van der Waals surface area contributed by atoms with E-state index in [9.17, 15) is 4.39 Å². The van der Waals surface area contributed by atoms with Gasteiger partial charge in [-0.05, 0) is 31.3 Å². The van der Waals surface area contributed by atoms with Crippen molar-refractivity contribution in [2.24, 2.45) is 0 Å². The summed E-state index contributed by atoms with van der Waals surface area (Å²) in [4.78, 5) is 1.90. The maximum Gasteiger partial charge on any atom is 0.184 e. The zero-order valence-electron chi connectivity index (χ0n) is 11.8. The lowest BCUT2D eigenvalue weighted by Gasteiger charge is -2.52. The predicted molar refractivity (Wildman–Crippen MR) is 82.1 cm³/mol. The summed E-state index contributed by atoms with van der Waals surface area (Å²) in [6, 6.07) is 2.89. The Labute approximate surface area is 133 Å². The number of rotatable bonds is 3. The molecule has 0 spiro atoms. The Bertz CT molecular complexity index is 601. The van der Waals surface area contributed by atoms with E-state index in [0.717, 1.165) is 0 Å². The van der Waals surface area contributed by atoms with E-state index in [2.05, 4.69) is 5.32 Å². The number of ether oxygens (including phenoxy) is 2. The van der Waals surface area contributed by atoms with Gasteiger partial charge in [0.2, 0.25) is 0 Å². The molecule has 3 rings (SSSR count). The first-order valence-corrected chi connectivity index (χ1v) is 7.48. The number of benzene rings is 1. The number of hydrogen-bond acceptors (Lipinski definition) is 3. The van der Waals surface area contributed by atoms with Crippen molar-refractivity contribution in [3.05, 3.63) is 28.5 Å². The molecular formula is C14H16ClFN2O2S. The summed E-state index contributed by atoms with van der Waals surface area (Å²) in [5.74, 6) is -0.203. The molecule has 0 radical (unpaired) electrons. The van der Waals surface area contributed by atoms with Crippen LogP contribution in [-0.4, -0.2) is 36.0 Å². The molecule has 2 atom stereocenters. The van der Waals surface area contributed by atoms with E-state index in [1.54, 1.807) is 13.2 Å². The van der Waals surface area contributed by atoms with Crippen molar-refractivity contribution in [1.29, 1.82) is 0 Å². The molecule has 0 amide bonds. The number of nitrogens with one attached hydrogen (secondary N) is 1. The number of nitrogens with zero attached hydrogens (tertiary/aromatic N) is 1. The smallest absolute Gasteiger partial charge is 0.184 e. The van der Waals surface area contributed by atoms with Gasteiger partial charge in [0.05, 0.1) is 12.6 Å². The monoisotopic (exact) mass is 330 g/mol. The summed E-state index contributed by atoms with van der Waals surface area (Å²) in [7, 11) is 1.63. The third-order valence-electron chi connectivity index (χ3n) is 3.95. The first kappa shape index (κ1) is 14.8. The van der Waals surface area contributed by atoms with E-state index in [1.807, 2.05) is 11.8 Å². The molecule has 1 saturated heterocycles. The first-order chi connectivity index (χ1) is 9.94. The number of thiocarbonyl (C=S) groups is 1. The summed E-state index contributed by atoms with van der Waals surface area (Å²) >= 11 is 11.4. The summed E-state index contributed by atoms with van der Waals surface area (Å²) in [6.45, 7) is 3.01. The number of fused-ring (bicyclic) bond motifs is 4. The van der Waals surface area contributed by atoms with Crippen molar-refractivity contribution in [1.82, 2.24) is 10.2 Å². The summed E-state index contributed by atoms with van der Waals surface area (Å²) in [5.41, 5.74) is 0.0268. The quantitative estimate of drug-likeness (QED) is 0.862. The Morgan fingerprint density at radius 1 is 1.62 bits per heavy atom. The molecule has 2 aliphatic rings. The molecule has 7 heteroatoms. The van der Waals surface area contributed by atoms with Crippen LogP contribution in [0.25, 0.3) is 0 Å². The Hall–Kier alpha value is -1.11. The van der Waals surface area contributed by atoms with Crippen LogP contribution < -0.4 is 10.1 Å². The molecule has 1 N–H and O–H groups in total. The van der Waals surface area contributed by atoms with Gasteiger partial charge in [-0.2, -0.15) is 0 Å². The maximum absolute atomic E-state index is 14.2. The summed E-state index contributed by atoms with van der Waals surface area (Å²) in [5, 5.41) is 4.17. The van der Waals surface area contributed by atoms with Crippen LogP contribution in [0.1, 0.15) is 24.9 Å². The highest BCUT2D eigenvalue weighted by molar-refractivity contribution is 7.80. The zero-order chi connectivity index (χ0) is 15.2. The van der Waals surface area contributed by atoms with Crippen molar-refractivity contribution >= 4 is 28.9 Å². The molecule has 0 aromatic heterocycles. The second-order valence-corrected chi connectivity index (χ2v) is 6.26. The minimum absolute atomic E-state index is 0.0988. The molecule has 4 nitrogen and oxygen atoms in total. The molecule has 21 heavy (non-hydrogen) atoms. The molecule has 114 valence electrons. The van der Waals surface area contributed by atoms with Crippen LogP contribution in [0, 0.1) is 5.82 Å². The number of hydrogen-bond donors (Lipinski definition) is 1. The van der Waals surface area contributed by atoms with Gasteiger partial charge >= 0.3 is 0 Å². The van der Waals surface area contributed by atoms with Gasteiger partial charge in [0.25, 0.3) is 0 Å². The molecule has 0 saturated carbocycles. The highest BCUT2D eigenvalue weighted by atomic mass is 35.5. The third-order valence-corrected chi connectivity index (χ3v) is 4.51. The van der Waals surface area contributed by atoms with Crippen LogP contribution in [0.2, 0.25) is 5.02 Å². The first-order valence-electron chi connectivity index (χ1n) is 6.69. The number of halogens is 2. The van der Waals surface area contributed by atoms with Crippen LogP contribution in [0.15, 0.2) is 12.1 Å². The maximum atomic E-state index is 14.2. The van der Waals surface area contributed by atoms with Crippen LogP contribution in [0.3, 0.4) is 0 Å². The van der Waals surface area contributed by atoms with Gasteiger partial charge < -0.3 is 19.7 Å². The van der Waals surface area contributed by atoms with Crippen molar-refractivity contribution in [3.8, 4) is 5.75 Å². The average molecular weight is 331 g/mol. The second kappa shape index (κ2) is 5.26. The standard InChI is InChI=1S/C14H16ClFN2O2S/c1-14-7-11(17-13(21)18(14)3-4-19-2)9-5-8(15)6-10(16)12(9)20-14/h5-6,11H,3-4,7H2,1-2H3,(H,17,21). The Balaban J connectivity index is 2.01. The molecule has 1 fully saturated rings. The van der Waals surface area contributed by atoms with E-state index >= 15 is 0 Å². The molecule has 2 bridgehead atoms. The Kier molecular flexibility index (Phi) is 3.71. The highest BCUT2D eigenvalue weighted by Gasteiger charge is 2.48. The van der Waals surface area contributed by atoms with E-state index in [4.69, 9.17) is 33.3 Å². The SMILES string of the molecule is COCCN1C(=S)NC2CC1(C)Oc1c(F)cc(Cl)cc12. The zero-order valence-corrected chi connectivity index (χ0v) is 13.4. The minimum Gasteiger partial charge on any atom is -0.465 e. The van der Waals surface area contributed by atoms with E-state index in [-0.39, 0.29) is 11.8 Å². The Morgan fingerprint density at radius 3 is 3.10 bits per heavy atom. The lowest BCUT2D eigenvalue weighted by Crippen LogP contribution is -2.65. The highest BCUT2D eigenvalue weighted by Crippen LogP contribution is 2.46. The van der Waals surface area contributed by atoms with Crippen molar-refractivity contribution in [2.45, 2.75) is 25.1 Å². The fourth-order valence-corrected chi connectivity index (χ4v) is 3.59. The van der Waals surface area contributed by atoms with Gasteiger partial charge in [0.15, 0.2) is 22.4 Å². The van der Waals surface area contributed by atoms with E-state index in [1.165, 1.54) is 6.07 Å². The lowest BCUT2D eigenvalue weighted by molar-refractivity contribution is -0.0764. The molecule has 2 unspecified atom stereocenters. The minimum atomic E-state index is -0.687. The van der Waals surface area contributed by atoms with Gasteiger partial charge in [-0.3, -0.25) is 0 Å². The van der Waals surface area contributed by atoms with Gasteiger partial charge in [0.1, 0.15) is 0 Å². The fourth-order valence-electron chi connectivity index (χ4n) is 2.95. The predicted octanol–water partition coefficient (Wildman–Crippen LogP) is 2.86. The topological polar surface area (TPSA) is 33.7 Å². The summed E-state index contributed by atoms with van der Waals surface area (Å²) in [6.07, 6.45) is 0.656. The summed E-state index contributed by atoms with van der Waals surface area (Å²) < 4.78 is 25.2. The molecule has 1 aromatic rings. The number of methoxy groups -OCH3 is 1. The Morgan fingerprint density at radius 2 is 2.38 bits per heavy atom. The van der Waals surface area contributed by atoms with Crippen LogP contribution >= 0.6 is 23.8 Å². The van der Waals surface area contributed by atoms with Gasteiger partial charge in [0, 0.05) is 30.7 Å². The third kappa shape index (κ3) is 2.45. The second-order valence-electron chi connectivity index (χ2n) is 5.43. The van der Waals surface area contributed by atoms with Crippen LogP contribution in [-0.2, 0) is 4.74 Å². The van der Waals surface area contributed by atoms with Gasteiger partial charge in [-0.1, -0.05) is 11.6 Å². The van der Waals surface area contributed by atoms with Crippen LogP contribution in [0.5, 0.6) is 5.75 Å². The normalized spacial score (nSPS) is 27.0. The van der Waals surface area contributed by atoms with Crippen molar-refractivity contribution < 1.29 is 13.9 Å². The van der Waals surface area contributed by atoms with E-state index in [0.29, 0.717) is 35.3 Å². The molecule has 2 heterocycles. The molecular weight excluding hydrogens is 315 g/mol. The average Bonchev–Trinajstić information content (AvgIpc) is 2.40. The molecule has 1 aromatic carbocycles. The largest absolute Gasteiger partial charge is 0.465 e. The molecule has 0 aliphatic carbocycles. The van der Waals surface area contributed by atoms with Gasteiger partial charge in [-0.25, -0.2) is 4.39 Å². The van der Waals surface area contributed by atoms with E-state index < -0.39 is 11.5 Å².